The van der Waals surface area contributed by atoms with Crippen LogP contribution in [0.3, 0.4) is 0 Å². The molecule has 0 bridgehead atoms. The van der Waals surface area contributed by atoms with Gasteiger partial charge < -0.3 is 16.4 Å². The predicted octanol–water partition coefficient (Wildman–Crippen LogP) is 0.647. The number of thiocarbonyl (C=S) groups is 1. The second-order valence-electron chi connectivity index (χ2n) is 3.15. The normalized spacial score (nSPS) is 10.6. The zero-order valence-electron chi connectivity index (χ0n) is 9.48. The number of hydrogen-bond acceptors (Lipinski definition) is 3. The summed E-state index contributed by atoms with van der Waals surface area (Å²) in [5, 5.41) is 6.49. The number of nitrogens with two attached hydrogens (primary N) is 1. The van der Waals surface area contributed by atoms with Gasteiger partial charge in [0.25, 0.3) is 0 Å². The number of rotatable bonds is 3. The van der Waals surface area contributed by atoms with Crippen LogP contribution in [0.5, 0.6) is 0 Å². The maximum Gasteiger partial charge on any atom is 0.195 e. The number of halogens is 1. The molecule has 0 aliphatic rings. The Morgan fingerprint density at radius 1 is 1.67 bits per heavy atom. The SMILES string of the molecule is C#CCN=C(N)NC(=S)NCc1ncccc1Cl. The van der Waals surface area contributed by atoms with Gasteiger partial charge in [-0.05, 0) is 24.4 Å². The smallest absolute Gasteiger partial charge is 0.195 e. The molecule has 0 aromatic carbocycles. The fourth-order valence-electron chi connectivity index (χ4n) is 1.04. The first-order chi connectivity index (χ1) is 8.63. The van der Waals surface area contributed by atoms with E-state index in [2.05, 4.69) is 26.5 Å². The highest BCUT2D eigenvalue weighted by atomic mass is 35.5. The largest absolute Gasteiger partial charge is 0.370 e. The quantitative estimate of drug-likeness (QED) is 0.328. The maximum absolute atomic E-state index is 5.95. The number of nitrogens with one attached hydrogen (secondary N) is 2. The Kier molecular flexibility index (Phi) is 5.91. The first kappa shape index (κ1) is 14.2. The Labute approximate surface area is 116 Å². The van der Waals surface area contributed by atoms with Crippen LogP contribution in [0.1, 0.15) is 5.69 Å². The van der Waals surface area contributed by atoms with Gasteiger partial charge in [0.1, 0.15) is 6.54 Å². The Morgan fingerprint density at radius 3 is 3.11 bits per heavy atom. The molecule has 1 aromatic heterocycles. The molecule has 0 radical (unpaired) electrons. The van der Waals surface area contributed by atoms with Crippen LogP contribution in [0, 0.1) is 12.3 Å². The lowest BCUT2D eigenvalue weighted by molar-refractivity contribution is 0.866. The fourth-order valence-corrected chi connectivity index (χ4v) is 1.41. The van der Waals surface area contributed by atoms with Crippen LogP contribution in [-0.4, -0.2) is 22.6 Å². The lowest BCUT2D eigenvalue weighted by atomic mass is 10.3. The van der Waals surface area contributed by atoms with Crippen molar-refractivity contribution in [1.82, 2.24) is 15.6 Å². The fraction of sp³-hybridized carbons (Fsp3) is 0.182. The van der Waals surface area contributed by atoms with E-state index in [1.54, 1.807) is 18.3 Å². The molecule has 0 atom stereocenters. The molecule has 0 aliphatic carbocycles. The van der Waals surface area contributed by atoms with Gasteiger partial charge in [0.05, 0.1) is 17.3 Å². The topological polar surface area (TPSA) is 75.3 Å². The zero-order valence-corrected chi connectivity index (χ0v) is 11.1. The minimum atomic E-state index is 0.164. The first-order valence-electron chi connectivity index (χ1n) is 5.01. The lowest BCUT2D eigenvalue weighted by Gasteiger charge is -2.09. The third kappa shape index (κ3) is 4.99. The highest BCUT2D eigenvalue weighted by molar-refractivity contribution is 7.80. The van der Waals surface area contributed by atoms with Crippen molar-refractivity contribution in [3.8, 4) is 12.3 Å². The minimum Gasteiger partial charge on any atom is -0.370 e. The van der Waals surface area contributed by atoms with Gasteiger partial charge in [0.15, 0.2) is 11.1 Å². The number of guanidine groups is 1. The van der Waals surface area contributed by atoms with Crippen molar-refractivity contribution in [2.45, 2.75) is 6.54 Å². The van der Waals surface area contributed by atoms with E-state index in [0.29, 0.717) is 22.4 Å². The molecule has 7 heteroatoms. The molecule has 0 fully saturated rings. The van der Waals surface area contributed by atoms with Gasteiger partial charge in [0.2, 0.25) is 0 Å². The molecule has 0 saturated carbocycles. The number of terminal acetylenes is 1. The average molecular weight is 282 g/mol. The van der Waals surface area contributed by atoms with Crippen LogP contribution in [0.15, 0.2) is 23.3 Å². The number of aromatic nitrogens is 1. The third-order valence-electron chi connectivity index (χ3n) is 1.83. The van der Waals surface area contributed by atoms with Crippen molar-refractivity contribution in [2.75, 3.05) is 6.54 Å². The summed E-state index contributed by atoms with van der Waals surface area (Å²) in [6, 6.07) is 3.51. The van der Waals surface area contributed by atoms with E-state index in [9.17, 15) is 0 Å². The number of aliphatic imine (C=N–C) groups is 1. The molecule has 4 N–H and O–H groups in total. The Bertz CT molecular complexity index is 494. The zero-order chi connectivity index (χ0) is 13.4. The van der Waals surface area contributed by atoms with Crippen LogP contribution in [0.2, 0.25) is 5.02 Å². The van der Waals surface area contributed by atoms with Gasteiger partial charge in [-0.2, -0.15) is 0 Å². The van der Waals surface area contributed by atoms with Crippen LogP contribution in [0.25, 0.3) is 0 Å². The lowest BCUT2D eigenvalue weighted by Crippen LogP contribution is -2.43. The molecule has 0 spiro atoms. The highest BCUT2D eigenvalue weighted by Crippen LogP contribution is 2.11. The Hall–Kier alpha value is -1.84. The monoisotopic (exact) mass is 281 g/mol. The minimum absolute atomic E-state index is 0.164. The third-order valence-corrected chi connectivity index (χ3v) is 2.42. The molecular formula is C11H12ClN5S. The molecular weight excluding hydrogens is 270 g/mol. The van der Waals surface area contributed by atoms with Gasteiger partial charge in [0, 0.05) is 6.20 Å². The summed E-state index contributed by atoms with van der Waals surface area (Å²) in [4.78, 5) is 7.94. The molecule has 0 aliphatic heterocycles. The molecule has 18 heavy (non-hydrogen) atoms. The number of pyridine rings is 1. The molecule has 5 nitrogen and oxygen atoms in total. The van der Waals surface area contributed by atoms with Crippen molar-refractivity contribution >= 4 is 34.9 Å². The summed E-state index contributed by atoms with van der Waals surface area (Å²) < 4.78 is 0. The van der Waals surface area contributed by atoms with Gasteiger partial charge in [-0.15, -0.1) is 6.42 Å². The standard InChI is InChI=1S/C11H12ClN5S/c1-2-5-15-10(13)17-11(18)16-7-9-8(12)4-3-6-14-9/h1,3-4,6H,5,7H2,(H4,13,15,16,17,18). The molecule has 0 saturated heterocycles. The van der Waals surface area contributed by atoms with Gasteiger partial charge >= 0.3 is 0 Å². The average Bonchev–Trinajstić information content (AvgIpc) is 2.35. The van der Waals surface area contributed by atoms with E-state index in [1.807, 2.05) is 0 Å². The first-order valence-corrected chi connectivity index (χ1v) is 5.79. The maximum atomic E-state index is 5.95. The van der Waals surface area contributed by atoms with Crippen molar-refractivity contribution < 1.29 is 0 Å². The summed E-state index contributed by atoms with van der Waals surface area (Å²) in [6.45, 7) is 0.599. The van der Waals surface area contributed by atoms with Crippen LogP contribution in [-0.2, 0) is 6.54 Å². The van der Waals surface area contributed by atoms with E-state index in [4.69, 9.17) is 36.0 Å². The van der Waals surface area contributed by atoms with Crippen LogP contribution in [0.4, 0.5) is 0 Å². The van der Waals surface area contributed by atoms with Gasteiger partial charge in [-0.1, -0.05) is 17.5 Å². The Balaban J connectivity index is 2.43. The van der Waals surface area contributed by atoms with E-state index in [1.165, 1.54) is 0 Å². The molecule has 94 valence electrons. The molecule has 1 heterocycles. The summed E-state index contributed by atoms with van der Waals surface area (Å²) >= 11 is 11.0. The van der Waals surface area contributed by atoms with E-state index < -0.39 is 0 Å². The van der Waals surface area contributed by atoms with Gasteiger partial charge in [-0.25, -0.2) is 4.99 Å². The van der Waals surface area contributed by atoms with E-state index in [0.717, 1.165) is 0 Å². The Morgan fingerprint density at radius 2 is 2.44 bits per heavy atom. The summed E-state index contributed by atoms with van der Waals surface area (Å²) in [5.74, 6) is 2.50. The van der Waals surface area contributed by atoms with Crippen LogP contribution < -0.4 is 16.4 Å². The number of nitrogens with zero attached hydrogens (tertiary/aromatic N) is 2. The highest BCUT2D eigenvalue weighted by Gasteiger charge is 2.02. The summed E-state index contributed by atoms with van der Waals surface area (Å²) in [5.41, 5.74) is 6.23. The van der Waals surface area contributed by atoms with Crippen molar-refractivity contribution in [1.29, 1.82) is 0 Å². The molecule has 1 rings (SSSR count). The molecule has 1 aromatic rings. The summed E-state index contributed by atoms with van der Waals surface area (Å²) in [7, 11) is 0. The van der Waals surface area contributed by atoms with E-state index >= 15 is 0 Å². The predicted molar refractivity (Wildman–Crippen MR) is 77.1 cm³/mol. The summed E-state index contributed by atoms with van der Waals surface area (Å²) in [6.07, 6.45) is 6.70. The van der Waals surface area contributed by atoms with Crippen LogP contribution >= 0.6 is 23.8 Å². The second kappa shape index (κ2) is 7.48. The van der Waals surface area contributed by atoms with Crippen molar-refractivity contribution in [3.05, 3.63) is 29.0 Å². The van der Waals surface area contributed by atoms with Gasteiger partial charge in [-0.3, -0.25) is 4.98 Å². The molecule has 0 amide bonds. The van der Waals surface area contributed by atoms with Crippen molar-refractivity contribution in [3.63, 3.8) is 0 Å². The second-order valence-corrected chi connectivity index (χ2v) is 3.96. The van der Waals surface area contributed by atoms with Crippen molar-refractivity contribution in [2.24, 2.45) is 10.7 Å². The number of hydrogen-bond donors (Lipinski definition) is 3. The van der Waals surface area contributed by atoms with E-state index in [-0.39, 0.29) is 12.5 Å². The molecule has 0 unspecified atom stereocenters.